The van der Waals surface area contributed by atoms with Crippen LogP contribution in [0.2, 0.25) is 0 Å². The number of phenolic OH excluding ortho intramolecular Hbond substituents is 1. The lowest BCUT2D eigenvalue weighted by molar-refractivity contribution is 0.162. The molecule has 0 saturated carbocycles. The van der Waals surface area contributed by atoms with E-state index in [1.165, 1.54) is 13.2 Å². The molecule has 3 rings (SSSR count). The number of ether oxygens (including phenoxy) is 1. The number of nitrogens with zero attached hydrogens (tertiary/aromatic N) is 2. The molecule has 1 aromatic heterocycles. The number of aliphatic hydroxyl groups excluding tert-OH is 1. The summed E-state index contributed by atoms with van der Waals surface area (Å²) in [6, 6.07) is 12.9. The van der Waals surface area contributed by atoms with E-state index in [0.29, 0.717) is 18.7 Å². The first kappa shape index (κ1) is 18.2. The van der Waals surface area contributed by atoms with E-state index in [0.717, 1.165) is 29.4 Å². The highest BCUT2D eigenvalue weighted by atomic mass is 16.5. The van der Waals surface area contributed by atoms with Gasteiger partial charge >= 0.3 is 0 Å². The number of hydrogen-bond donors (Lipinski definition) is 3. The van der Waals surface area contributed by atoms with E-state index in [-0.39, 0.29) is 11.8 Å². The minimum Gasteiger partial charge on any atom is -0.504 e. The standard InChI is InChI=1S/C20H25N3O3/c1-26-20-11-14(9-10-19(20)25)18(24)8-4-5-15(21)12-23-13-22-16-6-2-3-7-17(16)23/h2-3,6-7,9-11,13,15,18,24-25H,4-5,8,12,21H2,1H3. The largest absolute Gasteiger partial charge is 0.504 e. The van der Waals surface area contributed by atoms with Gasteiger partial charge in [0.05, 0.1) is 30.6 Å². The van der Waals surface area contributed by atoms with Crippen molar-refractivity contribution in [2.45, 2.75) is 38.0 Å². The van der Waals surface area contributed by atoms with Crippen LogP contribution in [0.3, 0.4) is 0 Å². The molecule has 0 radical (unpaired) electrons. The molecule has 6 nitrogen and oxygen atoms in total. The topological polar surface area (TPSA) is 93.5 Å². The van der Waals surface area contributed by atoms with E-state index >= 15 is 0 Å². The van der Waals surface area contributed by atoms with Crippen LogP contribution in [0, 0.1) is 0 Å². The highest BCUT2D eigenvalue weighted by molar-refractivity contribution is 5.74. The number of aliphatic hydroxyl groups is 1. The second-order valence-corrected chi connectivity index (χ2v) is 6.52. The lowest BCUT2D eigenvalue weighted by Crippen LogP contribution is -2.25. The Morgan fingerprint density at radius 3 is 2.81 bits per heavy atom. The summed E-state index contributed by atoms with van der Waals surface area (Å²) in [4.78, 5) is 4.38. The minimum atomic E-state index is -0.606. The van der Waals surface area contributed by atoms with Gasteiger partial charge in [0.25, 0.3) is 0 Å². The summed E-state index contributed by atoms with van der Waals surface area (Å²) in [5.74, 6) is 0.434. The third kappa shape index (κ3) is 4.15. The number of hydrogen-bond acceptors (Lipinski definition) is 5. The SMILES string of the molecule is COc1cc(C(O)CCCC(N)Cn2cnc3ccccc32)ccc1O. The van der Waals surface area contributed by atoms with Gasteiger partial charge in [0.15, 0.2) is 11.5 Å². The lowest BCUT2D eigenvalue weighted by atomic mass is 10.0. The lowest BCUT2D eigenvalue weighted by Gasteiger charge is -2.16. The molecule has 2 atom stereocenters. The molecule has 0 aliphatic rings. The Hall–Kier alpha value is -2.57. The van der Waals surface area contributed by atoms with E-state index in [4.69, 9.17) is 10.5 Å². The molecule has 0 aliphatic heterocycles. The quantitative estimate of drug-likeness (QED) is 0.577. The number of fused-ring (bicyclic) bond motifs is 1. The van der Waals surface area contributed by atoms with Crippen LogP contribution in [0.25, 0.3) is 11.0 Å². The Morgan fingerprint density at radius 1 is 1.19 bits per heavy atom. The van der Waals surface area contributed by atoms with Gasteiger partial charge in [-0.1, -0.05) is 18.2 Å². The maximum absolute atomic E-state index is 10.3. The first-order valence-corrected chi connectivity index (χ1v) is 8.79. The van der Waals surface area contributed by atoms with Crippen molar-refractivity contribution in [3.63, 3.8) is 0 Å². The highest BCUT2D eigenvalue weighted by Gasteiger charge is 2.13. The minimum absolute atomic E-state index is 0.00541. The fraction of sp³-hybridized carbons (Fsp3) is 0.350. The van der Waals surface area contributed by atoms with Gasteiger partial charge in [-0.3, -0.25) is 0 Å². The molecular formula is C20H25N3O3. The van der Waals surface area contributed by atoms with Crippen LogP contribution < -0.4 is 10.5 Å². The average Bonchev–Trinajstić information content (AvgIpc) is 3.05. The Kier molecular flexibility index (Phi) is 5.75. The van der Waals surface area contributed by atoms with Crippen LogP contribution in [0.1, 0.15) is 30.9 Å². The van der Waals surface area contributed by atoms with E-state index in [2.05, 4.69) is 9.55 Å². The monoisotopic (exact) mass is 355 g/mol. The highest BCUT2D eigenvalue weighted by Crippen LogP contribution is 2.30. The molecule has 138 valence electrons. The summed E-state index contributed by atoms with van der Waals surface area (Å²) >= 11 is 0. The Bertz CT molecular complexity index is 862. The van der Waals surface area contributed by atoms with Crippen molar-refractivity contribution >= 4 is 11.0 Å². The van der Waals surface area contributed by atoms with Gasteiger partial charge in [-0.25, -0.2) is 4.98 Å². The van der Waals surface area contributed by atoms with Crippen LogP contribution in [0.4, 0.5) is 0 Å². The van der Waals surface area contributed by atoms with Gasteiger partial charge in [0.2, 0.25) is 0 Å². The Morgan fingerprint density at radius 2 is 2.00 bits per heavy atom. The van der Waals surface area contributed by atoms with Crippen LogP contribution in [0.15, 0.2) is 48.8 Å². The van der Waals surface area contributed by atoms with Crippen molar-refractivity contribution < 1.29 is 14.9 Å². The number of aromatic hydroxyl groups is 1. The van der Waals surface area contributed by atoms with Crippen LogP contribution >= 0.6 is 0 Å². The van der Waals surface area contributed by atoms with E-state index in [1.807, 2.05) is 30.6 Å². The molecule has 6 heteroatoms. The van der Waals surface area contributed by atoms with Gasteiger partial charge in [0.1, 0.15) is 0 Å². The predicted molar refractivity (Wildman–Crippen MR) is 101 cm³/mol. The Labute approximate surface area is 152 Å². The predicted octanol–water partition coefficient (Wildman–Crippen LogP) is 2.98. The number of methoxy groups -OCH3 is 1. The van der Waals surface area contributed by atoms with E-state index in [9.17, 15) is 10.2 Å². The van der Waals surface area contributed by atoms with Crippen molar-refractivity contribution in [3.8, 4) is 11.5 Å². The van der Waals surface area contributed by atoms with Crippen LogP contribution in [-0.2, 0) is 6.54 Å². The molecule has 26 heavy (non-hydrogen) atoms. The zero-order valence-corrected chi connectivity index (χ0v) is 14.9. The second kappa shape index (κ2) is 8.21. The van der Waals surface area contributed by atoms with E-state index in [1.54, 1.807) is 12.1 Å². The number of phenols is 1. The van der Waals surface area contributed by atoms with E-state index < -0.39 is 6.10 Å². The molecule has 2 unspecified atom stereocenters. The number of para-hydroxylation sites is 2. The number of aromatic nitrogens is 2. The van der Waals surface area contributed by atoms with Gasteiger partial charge < -0.3 is 25.3 Å². The summed E-state index contributed by atoms with van der Waals surface area (Å²) < 4.78 is 7.15. The van der Waals surface area contributed by atoms with Crippen LogP contribution in [0.5, 0.6) is 11.5 Å². The zero-order valence-electron chi connectivity index (χ0n) is 14.9. The maximum Gasteiger partial charge on any atom is 0.160 e. The number of imidazole rings is 1. The fourth-order valence-corrected chi connectivity index (χ4v) is 3.14. The van der Waals surface area contributed by atoms with Gasteiger partial charge in [-0.15, -0.1) is 0 Å². The normalized spacial score (nSPS) is 13.7. The van der Waals surface area contributed by atoms with Gasteiger partial charge in [0, 0.05) is 12.6 Å². The van der Waals surface area contributed by atoms with Crippen molar-refractivity contribution in [2.24, 2.45) is 5.73 Å². The molecule has 1 heterocycles. The third-order valence-electron chi connectivity index (χ3n) is 4.60. The Balaban J connectivity index is 1.51. The summed E-state index contributed by atoms with van der Waals surface area (Å²) in [5, 5.41) is 20.0. The summed E-state index contributed by atoms with van der Waals surface area (Å²) in [6.07, 6.45) is 3.43. The maximum atomic E-state index is 10.3. The number of rotatable bonds is 8. The van der Waals surface area contributed by atoms with Crippen molar-refractivity contribution in [2.75, 3.05) is 7.11 Å². The number of benzene rings is 2. The van der Waals surface area contributed by atoms with Gasteiger partial charge in [-0.2, -0.15) is 0 Å². The second-order valence-electron chi connectivity index (χ2n) is 6.52. The molecular weight excluding hydrogens is 330 g/mol. The first-order chi connectivity index (χ1) is 12.6. The van der Waals surface area contributed by atoms with Crippen LogP contribution in [-0.4, -0.2) is 32.9 Å². The van der Waals surface area contributed by atoms with Gasteiger partial charge in [-0.05, 0) is 49.1 Å². The summed E-state index contributed by atoms with van der Waals surface area (Å²) in [7, 11) is 1.49. The number of nitrogens with two attached hydrogens (primary N) is 1. The smallest absolute Gasteiger partial charge is 0.160 e. The first-order valence-electron chi connectivity index (χ1n) is 8.79. The molecule has 0 amide bonds. The van der Waals surface area contributed by atoms with Crippen molar-refractivity contribution in [3.05, 3.63) is 54.4 Å². The molecule has 2 aromatic carbocycles. The molecule has 0 aliphatic carbocycles. The zero-order chi connectivity index (χ0) is 18.5. The molecule has 0 saturated heterocycles. The molecule has 4 N–H and O–H groups in total. The van der Waals surface area contributed by atoms with Crippen molar-refractivity contribution in [1.82, 2.24) is 9.55 Å². The molecule has 0 spiro atoms. The average molecular weight is 355 g/mol. The molecule has 0 bridgehead atoms. The third-order valence-corrected chi connectivity index (χ3v) is 4.60. The summed E-state index contributed by atoms with van der Waals surface area (Å²) in [5.41, 5.74) is 9.04. The fourth-order valence-electron chi connectivity index (χ4n) is 3.14. The molecule has 0 fully saturated rings. The van der Waals surface area contributed by atoms with Crippen molar-refractivity contribution in [1.29, 1.82) is 0 Å². The summed E-state index contributed by atoms with van der Waals surface area (Å²) in [6.45, 7) is 0.698. The molecule has 3 aromatic rings.